The molecule has 1 N–H and O–H groups in total. The lowest BCUT2D eigenvalue weighted by Gasteiger charge is -2.21. The highest BCUT2D eigenvalue weighted by Gasteiger charge is 2.37. The molecule has 1 heterocycles. The molecule has 1 saturated carbocycles. The fraction of sp³-hybridized carbons (Fsp3) is 0.400. The van der Waals surface area contributed by atoms with Crippen molar-refractivity contribution in [2.45, 2.75) is 44.4 Å². The van der Waals surface area contributed by atoms with Crippen molar-refractivity contribution in [2.75, 3.05) is 0 Å². The molecule has 2 aromatic rings. The molecule has 1 aromatic heterocycles. The van der Waals surface area contributed by atoms with E-state index in [-0.39, 0.29) is 17.2 Å². The molecule has 0 atom stereocenters. The maximum absolute atomic E-state index is 13.1. The number of alkyl halides is 3. The molecule has 3 rings (SSSR count). The molecule has 0 spiro atoms. The molecule has 1 aromatic carbocycles. The van der Waals surface area contributed by atoms with E-state index in [1.165, 1.54) is 26.0 Å². The van der Waals surface area contributed by atoms with Gasteiger partial charge in [-0.15, -0.1) is 0 Å². The van der Waals surface area contributed by atoms with Crippen LogP contribution in [-0.4, -0.2) is 31.8 Å². The first-order chi connectivity index (χ1) is 14.2. The van der Waals surface area contributed by atoms with Crippen molar-refractivity contribution >= 4 is 11.9 Å². The molecule has 8 nitrogen and oxygen atoms in total. The Morgan fingerprint density at radius 2 is 1.74 bits per heavy atom. The predicted octanol–water partition coefficient (Wildman–Crippen LogP) is 2.45. The van der Waals surface area contributed by atoms with Gasteiger partial charge in [0.25, 0.3) is 5.56 Å². The third kappa shape index (κ3) is 4.25. The second-order valence-electron chi connectivity index (χ2n) is 7.79. The molecule has 31 heavy (non-hydrogen) atoms. The Morgan fingerprint density at radius 3 is 2.26 bits per heavy atom. The van der Waals surface area contributed by atoms with Gasteiger partial charge in [-0.1, -0.05) is 6.07 Å². The van der Waals surface area contributed by atoms with Crippen molar-refractivity contribution in [3.63, 3.8) is 0 Å². The molecular formula is C20H19F3N2O6. The Hall–Kier alpha value is -3.37. The van der Waals surface area contributed by atoms with Crippen molar-refractivity contribution in [1.82, 2.24) is 9.13 Å². The first-order valence-electron chi connectivity index (χ1n) is 9.25. The number of benzene rings is 1. The van der Waals surface area contributed by atoms with Gasteiger partial charge in [-0.25, -0.2) is 19.0 Å². The number of halogens is 3. The Kier molecular flexibility index (Phi) is 5.33. The van der Waals surface area contributed by atoms with Crippen molar-refractivity contribution < 1.29 is 32.6 Å². The van der Waals surface area contributed by atoms with Crippen LogP contribution in [0.4, 0.5) is 13.2 Å². The number of carboxylic acids is 1. The molecule has 0 aliphatic heterocycles. The zero-order valence-corrected chi connectivity index (χ0v) is 16.8. The molecule has 166 valence electrons. The van der Waals surface area contributed by atoms with Crippen LogP contribution in [0.3, 0.4) is 0 Å². The number of carboxylic acid groups (broad SMARTS) is 1. The standard InChI is InChI=1S/C20H19F3N2O6/c1-19(2,17(28)29)31-16(27)13-8-11(6-7-12(13)10-4-5-10)25-15(26)9-14(20(21,22)23)24(3)18(25)30/h6-10H,4-5H2,1-3H3,(H,28,29). The van der Waals surface area contributed by atoms with E-state index in [9.17, 15) is 37.5 Å². The van der Waals surface area contributed by atoms with Crippen LogP contribution >= 0.6 is 0 Å². The maximum Gasteiger partial charge on any atom is 0.431 e. The summed E-state index contributed by atoms with van der Waals surface area (Å²) in [7, 11) is 0.879. The van der Waals surface area contributed by atoms with Gasteiger partial charge in [0.1, 0.15) is 5.69 Å². The molecule has 0 saturated heterocycles. The molecular weight excluding hydrogens is 421 g/mol. The van der Waals surface area contributed by atoms with Gasteiger partial charge >= 0.3 is 23.8 Å². The van der Waals surface area contributed by atoms with Crippen LogP contribution in [0.15, 0.2) is 33.9 Å². The highest BCUT2D eigenvalue weighted by Crippen LogP contribution is 2.42. The Bertz CT molecular complexity index is 1190. The summed E-state index contributed by atoms with van der Waals surface area (Å²) in [6.07, 6.45) is -3.34. The average molecular weight is 440 g/mol. The number of hydrogen-bond donors (Lipinski definition) is 1. The minimum Gasteiger partial charge on any atom is -0.478 e. The van der Waals surface area contributed by atoms with Crippen LogP contribution in [0.25, 0.3) is 5.69 Å². The van der Waals surface area contributed by atoms with Crippen LogP contribution < -0.4 is 11.2 Å². The maximum atomic E-state index is 13.1. The molecule has 0 radical (unpaired) electrons. The summed E-state index contributed by atoms with van der Waals surface area (Å²) in [6.45, 7) is 2.37. The van der Waals surface area contributed by atoms with Gasteiger partial charge in [0, 0.05) is 13.1 Å². The Balaban J connectivity index is 2.15. The molecule has 1 fully saturated rings. The summed E-state index contributed by atoms with van der Waals surface area (Å²) < 4.78 is 45.1. The van der Waals surface area contributed by atoms with E-state index in [2.05, 4.69) is 0 Å². The summed E-state index contributed by atoms with van der Waals surface area (Å²) in [5.74, 6) is -2.33. The number of carbonyl (C=O) groups excluding carboxylic acids is 1. The summed E-state index contributed by atoms with van der Waals surface area (Å²) >= 11 is 0. The quantitative estimate of drug-likeness (QED) is 0.716. The van der Waals surface area contributed by atoms with Gasteiger partial charge in [0.2, 0.25) is 5.60 Å². The van der Waals surface area contributed by atoms with Crippen LogP contribution in [0.5, 0.6) is 0 Å². The molecule has 0 amide bonds. The van der Waals surface area contributed by atoms with Gasteiger partial charge in [-0.3, -0.25) is 9.36 Å². The van der Waals surface area contributed by atoms with Crippen molar-refractivity contribution in [2.24, 2.45) is 7.05 Å². The lowest BCUT2D eigenvalue weighted by molar-refractivity contribution is -0.155. The lowest BCUT2D eigenvalue weighted by Crippen LogP contribution is -2.41. The van der Waals surface area contributed by atoms with E-state index in [4.69, 9.17) is 4.74 Å². The number of aromatic nitrogens is 2. The normalized spacial score (nSPS) is 14.4. The number of rotatable bonds is 5. The van der Waals surface area contributed by atoms with Crippen molar-refractivity contribution in [3.05, 3.63) is 61.9 Å². The second-order valence-corrected chi connectivity index (χ2v) is 7.79. The van der Waals surface area contributed by atoms with E-state index in [0.29, 0.717) is 20.8 Å². The number of esters is 1. The number of aliphatic carboxylic acids is 1. The van der Waals surface area contributed by atoms with E-state index in [1.807, 2.05) is 0 Å². The molecule has 0 bridgehead atoms. The van der Waals surface area contributed by atoms with Crippen LogP contribution in [0.2, 0.25) is 0 Å². The van der Waals surface area contributed by atoms with Crippen LogP contribution in [0.1, 0.15) is 54.2 Å². The topological polar surface area (TPSA) is 108 Å². The molecule has 1 aliphatic rings. The fourth-order valence-electron chi connectivity index (χ4n) is 3.08. The molecule has 11 heteroatoms. The monoisotopic (exact) mass is 440 g/mol. The van der Waals surface area contributed by atoms with Crippen LogP contribution in [-0.2, 0) is 22.8 Å². The van der Waals surface area contributed by atoms with Gasteiger partial charge in [0.05, 0.1) is 11.3 Å². The smallest absolute Gasteiger partial charge is 0.431 e. The van der Waals surface area contributed by atoms with Crippen molar-refractivity contribution in [3.8, 4) is 5.69 Å². The van der Waals surface area contributed by atoms with Gasteiger partial charge in [0.15, 0.2) is 0 Å². The number of ether oxygens (including phenoxy) is 1. The average Bonchev–Trinajstić information content (AvgIpc) is 3.48. The zero-order chi connectivity index (χ0) is 23.3. The number of hydrogen-bond acceptors (Lipinski definition) is 5. The highest BCUT2D eigenvalue weighted by molar-refractivity contribution is 5.94. The van der Waals surface area contributed by atoms with Crippen molar-refractivity contribution in [1.29, 1.82) is 0 Å². The highest BCUT2D eigenvalue weighted by atomic mass is 19.4. The van der Waals surface area contributed by atoms with E-state index < -0.39 is 40.7 Å². The van der Waals surface area contributed by atoms with Gasteiger partial charge in [-0.05, 0) is 50.3 Å². The lowest BCUT2D eigenvalue weighted by atomic mass is 10.0. The predicted molar refractivity (Wildman–Crippen MR) is 101 cm³/mol. The summed E-state index contributed by atoms with van der Waals surface area (Å²) in [5, 5.41) is 9.20. The third-order valence-corrected chi connectivity index (χ3v) is 5.01. The van der Waals surface area contributed by atoms with E-state index >= 15 is 0 Å². The number of carbonyl (C=O) groups is 2. The van der Waals surface area contributed by atoms with Gasteiger partial charge < -0.3 is 9.84 Å². The first kappa shape index (κ1) is 22.3. The third-order valence-electron chi connectivity index (χ3n) is 5.01. The van der Waals surface area contributed by atoms with E-state index in [1.54, 1.807) is 0 Å². The minimum absolute atomic E-state index is 0.0247. The Morgan fingerprint density at radius 1 is 1.13 bits per heavy atom. The van der Waals surface area contributed by atoms with E-state index in [0.717, 1.165) is 26.0 Å². The van der Waals surface area contributed by atoms with Crippen LogP contribution in [0, 0.1) is 0 Å². The second kappa shape index (κ2) is 7.40. The minimum atomic E-state index is -4.90. The largest absolute Gasteiger partial charge is 0.478 e. The molecule has 1 aliphatic carbocycles. The summed E-state index contributed by atoms with van der Waals surface area (Å²) in [4.78, 5) is 48.9. The Labute approximate surface area is 173 Å². The SMILES string of the molecule is Cn1c(C(F)(F)F)cc(=O)n(-c2ccc(C3CC3)c(C(=O)OC(C)(C)C(=O)O)c2)c1=O. The zero-order valence-electron chi connectivity index (χ0n) is 16.8. The fourth-order valence-corrected chi connectivity index (χ4v) is 3.08. The van der Waals surface area contributed by atoms with Gasteiger partial charge in [-0.2, -0.15) is 13.2 Å². The summed E-state index contributed by atoms with van der Waals surface area (Å²) in [5.41, 5.74) is -5.35. The number of nitrogens with zero attached hydrogens (tertiary/aromatic N) is 2. The summed E-state index contributed by atoms with van der Waals surface area (Å²) in [6, 6.07) is 4.29. The first-order valence-corrected chi connectivity index (χ1v) is 9.25. The molecule has 0 unspecified atom stereocenters.